The van der Waals surface area contributed by atoms with Crippen LogP contribution < -0.4 is 0 Å². The molecule has 0 saturated heterocycles. The number of hydrogen-bond acceptors (Lipinski definition) is 4. The van der Waals surface area contributed by atoms with Gasteiger partial charge in [-0.3, -0.25) is 5.01 Å². The summed E-state index contributed by atoms with van der Waals surface area (Å²) in [6.07, 6.45) is 1.99. The molecule has 3 aromatic carbocycles. The molecular formula is C27H28N6. The first-order chi connectivity index (χ1) is 16.0. The van der Waals surface area contributed by atoms with Crippen LogP contribution in [0.25, 0.3) is 21.5 Å². The van der Waals surface area contributed by atoms with Gasteiger partial charge in [-0.2, -0.15) is 15.3 Å². The summed E-state index contributed by atoms with van der Waals surface area (Å²) in [4.78, 5) is 0. The van der Waals surface area contributed by atoms with Gasteiger partial charge in [0, 0.05) is 17.0 Å². The van der Waals surface area contributed by atoms with Crippen molar-refractivity contribution in [3.05, 3.63) is 95.1 Å². The Morgan fingerprint density at radius 3 is 1.67 bits per heavy atom. The first-order valence-electron chi connectivity index (χ1n) is 11.2. The van der Waals surface area contributed by atoms with E-state index in [1.165, 1.54) is 21.5 Å². The van der Waals surface area contributed by atoms with Crippen LogP contribution >= 0.6 is 0 Å². The van der Waals surface area contributed by atoms with Crippen LogP contribution in [0.1, 0.15) is 28.3 Å². The standard InChI is InChI=1S/C27H28N6/c1-19-13-21(3)32(29-19)17-31(18-33-22(4)14-20(2)30-33)28-16-27-25-11-7-5-9-23(25)15-24-10-6-8-12-26(24)27/h5-16H,17-18H2,1-4H3/b28-16+. The number of aryl methyl sites for hydroxylation is 4. The maximum absolute atomic E-state index is 4.97. The SMILES string of the molecule is Cc1cc(C)n(CN(Cn2nc(C)cc2C)/N=C/c2c3ccccc3cc3ccccc23)n1. The quantitative estimate of drug-likeness (QED) is 0.199. The lowest BCUT2D eigenvalue weighted by atomic mass is 9.97. The van der Waals surface area contributed by atoms with Crippen LogP contribution in [0.5, 0.6) is 0 Å². The van der Waals surface area contributed by atoms with Crippen molar-refractivity contribution < 1.29 is 0 Å². The van der Waals surface area contributed by atoms with E-state index in [4.69, 9.17) is 5.10 Å². The molecule has 5 aromatic rings. The molecule has 0 aliphatic rings. The molecule has 5 rings (SSSR count). The van der Waals surface area contributed by atoms with Gasteiger partial charge in [0.05, 0.1) is 17.6 Å². The second kappa shape index (κ2) is 8.54. The lowest BCUT2D eigenvalue weighted by Gasteiger charge is -2.21. The molecule has 166 valence electrons. The predicted molar refractivity (Wildman–Crippen MR) is 134 cm³/mol. The number of hydrazone groups is 1. The van der Waals surface area contributed by atoms with E-state index in [1.807, 2.05) is 34.4 Å². The van der Waals surface area contributed by atoms with Gasteiger partial charge in [-0.15, -0.1) is 0 Å². The fourth-order valence-electron chi connectivity index (χ4n) is 4.39. The van der Waals surface area contributed by atoms with Gasteiger partial charge in [-0.25, -0.2) is 9.36 Å². The van der Waals surface area contributed by atoms with Crippen molar-refractivity contribution >= 4 is 27.8 Å². The number of fused-ring (bicyclic) bond motifs is 2. The molecule has 2 heterocycles. The Morgan fingerprint density at radius 2 is 1.21 bits per heavy atom. The number of rotatable bonds is 6. The van der Waals surface area contributed by atoms with Crippen LogP contribution in [-0.2, 0) is 13.3 Å². The lowest BCUT2D eigenvalue weighted by molar-refractivity contribution is 0.157. The van der Waals surface area contributed by atoms with Crippen LogP contribution in [0.4, 0.5) is 0 Å². The molecule has 0 unspecified atom stereocenters. The van der Waals surface area contributed by atoms with Gasteiger partial charge in [0.15, 0.2) is 0 Å². The molecule has 0 spiro atoms. The smallest absolute Gasteiger partial charge is 0.130 e. The highest BCUT2D eigenvalue weighted by Crippen LogP contribution is 2.27. The maximum atomic E-state index is 4.97. The first kappa shape index (κ1) is 20.9. The Balaban J connectivity index is 1.58. The van der Waals surface area contributed by atoms with Crippen LogP contribution in [-0.4, -0.2) is 30.8 Å². The zero-order valence-corrected chi connectivity index (χ0v) is 19.5. The van der Waals surface area contributed by atoms with Gasteiger partial charge in [-0.1, -0.05) is 48.5 Å². The number of nitrogens with zero attached hydrogens (tertiary/aromatic N) is 6. The Labute approximate surface area is 193 Å². The minimum absolute atomic E-state index is 0.539. The molecule has 0 N–H and O–H groups in total. The van der Waals surface area contributed by atoms with E-state index < -0.39 is 0 Å². The van der Waals surface area contributed by atoms with Crippen molar-refractivity contribution in [2.45, 2.75) is 41.0 Å². The number of benzene rings is 3. The fraction of sp³-hybridized carbons (Fsp3) is 0.222. The molecule has 0 fully saturated rings. The van der Waals surface area contributed by atoms with Crippen molar-refractivity contribution in [3.63, 3.8) is 0 Å². The second-order valence-corrected chi connectivity index (χ2v) is 8.62. The zero-order valence-electron chi connectivity index (χ0n) is 19.5. The average molecular weight is 437 g/mol. The van der Waals surface area contributed by atoms with Gasteiger partial charge >= 0.3 is 0 Å². The van der Waals surface area contributed by atoms with E-state index in [1.54, 1.807) is 0 Å². The van der Waals surface area contributed by atoms with Crippen LogP contribution in [0.15, 0.2) is 71.8 Å². The normalized spacial score (nSPS) is 11.8. The summed E-state index contributed by atoms with van der Waals surface area (Å²) in [5.74, 6) is 0. The average Bonchev–Trinajstić information content (AvgIpc) is 3.29. The molecule has 2 aromatic heterocycles. The van der Waals surface area contributed by atoms with Gasteiger partial charge in [0.25, 0.3) is 0 Å². The minimum atomic E-state index is 0.539. The molecule has 6 heteroatoms. The lowest BCUT2D eigenvalue weighted by Crippen LogP contribution is -2.26. The molecule has 0 amide bonds. The highest BCUT2D eigenvalue weighted by Gasteiger charge is 2.11. The topological polar surface area (TPSA) is 51.2 Å². The van der Waals surface area contributed by atoms with E-state index in [0.717, 1.165) is 28.3 Å². The summed E-state index contributed by atoms with van der Waals surface area (Å²) in [5.41, 5.74) is 5.34. The first-order valence-corrected chi connectivity index (χ1v) is 11.2. The molecule has 0 aliphatic heterocycles. The second-order valence-electron chi connectivity index (χ2n) is 8.62. The van der Waals surface area contributed by atoms with Crippen molar-refractivity contribution in [1.29, 1.82) is 0 Å². The van der Waals surface area contributed by atoms with Gasteiger partial charge in [0.2, 0.25) is 0 Å². The predicted octanol–water partition coefficient (Wildman–Crippen LogP) is 5.57. The summed E-state index contributed by atoms with van der Waals surface area (Å²) in [6, 6.07) is 23.4. The molecule has 0 aliphatic carbocycles. The van der Waals surface area contributed by atoms with Crippen LogP contribution in [0, 0.1) is 27.7 Å². The largest absolute Gasteiger partial charge is 0.254 e. The van der Waals surface area contributed by atoms with E-state index >= 15 is 0 Å². The summed E-state index contributed by atoms with van der Waals surface area (Å²) < 4.78 is 3.97. The summed E-state index contributed by atoms with van der Waals surface area (Å²) in [6.45, 7) is 9.25. The fourth-order valence-corrected chi connectivity index (χ4v) is 4.39. The van der Waals surface area contributed by atoms with E-state index in [9.17, 15) is 0 Å². The van der Waals surface area contributed by atoms with Crippen LogP contribution in [0.3, 0.4) is 0 Å². The summed E-state index contributed by atoms with van der Waals surface area (Å²) in [5, 5.41) is 21.1. The maximum Gasteiger partial charge on any atom is 0.130 e. The number of hydrogen-bond donors (Lipinski definition) is 0. The summed E-state index contributed by atoms with van der Waals surface area (Å²) in [7, 11) is 0. The van der Waals surface area contributed by atoms with Gasteiger partial charge < -0.3 is 0 Å². The van der Waals surface area contributed by atoms with Gasteiger partial charge in [-0.05, 0) is 67.4 Å². The molecule has 0 saturated carbocycles. The number of aromatic nitrogens is 4. The van der Waals surface area contributed by atoms with Gasteiger partial charge in [0.1, 0.15) is 13.3 Å². The molecule has 33 heavy (non-hydrogen) atoms. The highest BCUT2D eigenvalue weighted by atomic mass is 15.6. The van der Waals surface area contributed by atoms with E-state index in [2.05, 4.69) is 90.8 Å². The van der Waals surface area contributed by atoms with Crippen molar-refractivity contribution in [3.8, 4) is 0 Å². The molecular weight excluding hydrogens is 408 g/mol. The minimum Gasteiger partial charge on any atom is -0.254 e. The monoisotopic (exact) mass is 436 g/mol. The Morgan fingerprint density at radius 1 is 0.727 bits per heavy atom. The third kappa shape index (κ3) is 4.24. The van der Waals surface area contributed by atoms with Crippen molar-refractivity contribution in [1.82, 2.24) is 24.6 Å². The molecule has 6 nitrogen and oxygen atoms in total. The summed E-state index contributed by atoms with van der Waals surface area (Å²) >= 11 is 0. The molecule has 0 atom stereocenters. The van der Waals surface area contributed by atoms with Crippen molar-refractivity contribution in [2.75, 3.05) is 0 Å². The Bertz CT molecular complexity index is 1370. The van der Waals surface area contributed by atoms with Crippen LogP contribution in [0.2, 0.25) is 0 Å². The van der Waals surface area contributed by atoms with Crippen molar-refractivity contribution in [2.24, 2.45) is 5.10 Å². The van der Waals surface area contributed by atoms with E-state index in [-0.39, 0.29) is 0 Å². The molecule has 0 radical (unpaired) electrons. The Kier molecular flexibility index (Phi) is 5.42. The Hall–Kier alpha value is -3.93. The zero-order chi connectivity index (χ0) is 22.9. The van der Waals surface area contributed by atoms with E-state index in [0.29, 0.717) is 13.3 Å². The molecule has 0 bridgehead atoms. The third-order valence-corrected chi connectivity index (χ3v) is 5.96. The highest BCUT2D eigenvalue weighted by molar-refractivity contribution is 6.13. The third-order valence-electron chi connectivity index (χ3n) is 5.96.